The molecule has 136 valence electrons. The van der Waals surface area contributed by atoms with Crippen LogP contribution in [0.2, 0.25) is 0 Å². The number of hydrogen-bond donors (Lipinski definition) is 2. The number of nitrogens with zero attached hydrogens (tertiary/aromatic N) is 2. The Morgan fingerprint density at radius 3 is 2.69 bits per heavy atom. The Morgan fingerprint density at radius 1 is 1.12 bits per heavy atom. The minimum Gasteiger partial charge on any atom is -0.385 e. The number of methoxy groups -OCH3 is 1. The summed E-state index contributed by atoms with van der Waals surface area (Å²) in [5.41, 5.74) is 2.97. The molecule has 6 heteroatoms. The third kappa shape index (κ3) is 4.61. The van der Waals surface area contributed by atoms with Crippen molar-refractivity contribution in [3.05, 3.63) is 60.2 Å². The molecular formula is C20H24N4O2. The Bertz CT molecular complexity index is 845. The standard InChI is InChI=1S/C20H24N4O2/c1-26-13-7-12-21-19(25)15-24-18-11-6-5-10-17(18)23-20(24)22-14-16-8-3-2-4-9-16/h2-6,8-11H,7,12-15H2,1H3,(H,21,25)(H,22,23). The molecule has 0 aliphatic heterocycles. The molecule has 1 amide bonds. The summed E-state index contributed by atoms with van der Waals surface area (Å²) in [5.74, 6) is 0.661. The van der Waals surface area contributed by atoms with Crippen molar-refractivity contribution in [2.24, 2.45) is 0 Å². The van der Waals surface area contributed by atoms with Gasteiger partial charge in [-0.3, -0.25) is 4.79 Å². The highest BCUT2D eigenvalue weighted by molar-refractivity contribution is 5.83. The molecule has 0 spiro atoms. The predicted octanol–water partition coefficient (Wildman–Crippen LogP) is 2.80. The Morgan fingerprint density at radius 2 is 1.88 bits per heavy atom. The highest BCUT2D eigenvalue weighted by atomic mass is 16.5. The van der Waals surface area contributed by atoms with E-state index in [1.807, 2.05) is 47.0 Å². The largest absolute Gasteiger partial charge is 0.385 e. The Kier molecular flexibility index (Phi) is 6.22. The molecule has 0 atom stereocenters. The molecule has 26 heavy (non-hydrogen) atoms. The topological polar surface area (TPSA) is 68.2 Å². The number of carbonyl (C=O) groups is 1. The number of hydrogen-bond acceptors (Lipinski definition) is 4. The zero-order valence-electron chi connectivity index (χ0n) is 14.9. The van der Waals surface area contributed by atoms with E-state index in [2.05, 4.69) is 27.8 Å². The van der Waals surface area contributed by atoms with Gasteiger partial charge in [0.15, 0.2) is 0 Å². The summed E-state index contributed by atoms with van der Waals surface area (Å²) in [4.78, 5) is 17.0. The van der Waals surface area contributed by atoms with Crippen molar-refractivity contribution < 1.29 is 9.53 Å². The minimum atomic E-state index is -0.0352. The van der Waals surface area contributed by atoms with E-state index in [9.17, 15) is 4.79 Å². The molecule has 0 saturated heterocycles. The normalized spacial score (nSPS) is 10.8. The second kappa shape index (κ2) is 9.01. The molecule has 0 unspecified atom stereocenters. The van der Waals surface area contributed by atoms with E-state index >= 15 is 0 Å². The summed E-state index contributed by atoms with van der Waals surface area (Å²) < 4.78 is 6.92. The predicted molar refractivity (Wildman–Crippen MR) is 103 cm³/mol. The lowest BCUT2D eigenvalue weighted by atomic mass is 10.2. The number of ether oxygens (including phenoxy) is 1. The lowest BCUT2D eigenvalue weighted by Gasteiger charge is -2.11. The van der Waals surface area contributed by atoms with Crippen LogP contribution in [0.3, 0.4) is 0 Å². The third-order valence-corrected chi connectivity index (χ3v) is 4.10. The van der Waals surface area contributed by atoms with Crippen LogP contribution in [0.4, 0.5) is 5.95 Å². The molecule has 0 bridgehead atoms. The van der Waals surface area contributed by atoms with Crippen LogP contribution in [0.5, 0.6) is 0 Å². The van der Waals surface area contributed by atoms with E-state index in [1.165, 1.54) is 0 Å². The second-order valence-electron chi connectivity index (χ2n) is 6.05. The van der Waals surface area contributed by atoms with Gasteiger partial charge in [-0.15, -0.1) is 0 Å². The van der Waals surface area contributed by atoms with Gasteiger partial charge in [-0.1, -0.05) is 42.5 Å². The molecule has 1 heterocycles. The van der Waals surface area contributed by atoms with Gasteiger partial charge in [0.25, 0.3) is 0 Å². The van der Waals surface area contributed by atoms with Gasteiger partial charge in [0.1, 0.15) is 6.54 Å². The maximum atomic E-state index is 12.3. The van der Waals surface area contributed by atoms with Crippen LogP contribution in [0.1, 0.15) is 12.0 Å². The molecule has 3 rings (SSSR count). The lowest BCUT2D eigenvalue weighted by molar-refractivity contribution is -0.121. The molecule has 0 saturated carbocycles. The molecule has 6 nitrogen and oxygen atoms in total. The summed E-state index contributed by atoms with van der Waals surface area (Å²) >= 11 is 0. The van der Waals surface area contributed by atoms with Gasteiger partial charge in [-0.05, 0) is 24.1 Å². The van der Waals surface area contributed by atoms with Crippen molar-refractivity contribution in [1.82, 2.24) is 14.9 Å². The highest BCUT2D eigenvalue weighted by Crippen LogP contribution is 2.20. The second-order valence-corrected chi connectivity index (χ2v) is 6.05. The lowest BCUT2D eigenvalue weighted by Crippen LogP contribution is -2.29. The van der Waals surface area contributed by atoms with E-state index in [0.29, 0.717) is 25.6 Å². The number of anilines is 1. The van der Waals surface area contributed by atoms with Crippen molar-refractivity contribution in [3.63, 3.8) is 0 Å². The smallest absolute Gasteiger partial charge is 0.240 e. The first-order valence-electron chi connectivity index (χ1n) is 8.76. The quantitative estimate of drug-likeness (QED) is 0.581. The SMILES string of the molecule is COCCCNC(=O)Cn1c(NCc2ccccc2)nc2ccccc21. The summed E-state index contributed by atoms with van der Waals surface area (Å²) in [6.45, 7) is 2.12. The van der Waals surface area contributed by atoms with Crippen LogP contribution in [-0.2, 0) is 22.6 Å². The fourth-order valence-electron chi connectivity index (χ4n) is 2.79. The van der Waals surface area contributed by atoms with Gasteiger partial charge < -0.3 is 19.9 Å². The number of para-hydroxylation sites is 2. The van der Waals surface area contributed by atoms with Crippen LogP contribution in [-0.4, -0.2) is 35.7 Å². The Labute approximate surface area is 153 Å². The number of amides is 1. The van der Waals surface area contributed by atoms with E-state index < -0.39 is 0 Å². The van der Waals surface area contributed by atoms with Crippen LogP contribution in [0.15, 0.2) is 54.6 Å². The van der Waals surface area contributed by atoms with Crippen molar-refractivity contribution in [3.8, 4) is 0 Å². The summed E-state index contributed by atoms with van der Waals surface area (Å²) in [6.07, 6.45) is 0.798. The number of aromatic nitrogens is 2. The van der Waals surface area contributed by atoms with Gasteiger partial charge in [-0.25, -0.2) is 4.98 Å². The van der Waals surface area contributed by atoms with Crippen LogP contribution in [0.25, 0.3) is 11.0 Å². The molecule has 0 fully saturated rings. The molecular weight excluding hydrogens is 328 g/mol. The number of carbonyl (C=O) groups excluding carboxylic acids is 1. The van der Waals surface area contributed by atoms with Gasteiger partial charge in [-0.2, -0.15) is 0 Å². The van der Waals surface area contributed by atoms with E-state index in [0.717, 1.165) is 23.0 Å². The average molecular weight is 352 g/mol. The van der Waals surface area contributed by atoms with Crippen molar-refractivity contribution >= 4 is 22.9 Å². The van der Waals surface area contributed by atoms with E-state index in [-0.39, 0.29) is 12.5 Å². The molecule has 0 aliphatic carbocycles. The third-order valence-electron chi connectivity index (χ3n) is 4.10. The zero-order chi connectivity index (χ0) is 18.2. The van der Waals surface area contributed by atoms with Gasteiger partial charge in [0, 0.05) is 26.8 Å². The average Bonchev–Trinajstić information content (AvgIpc) is 3.02. The van der Waals surface area contributed by atoms with E-state index in [1.54, 1.807) is 7.11 Å². The maximum absolute atomic E-state index is 12.3. The summed E-state index contributed by atoms with van der Waals surface area (Å²) in [5, 5.41) is 6.28. The van der Waals surface area contributed by atoms with Crippen LogP contribution in [0, 0.1) is 0 Å². The first kappa shape index (κ1) is 17.9. The summed E-state index contributed by atoms with van der Waals surface area (Å²) in [7, 11) is 1.66. The van der Waals surface area contributed by atoms with Gasteiger partial charge in [0.05, 0.1) is 11.0 Å². The summed E-state index contributed by atoms with van der Waals surface area (Å²) in [6, 6.07) is 18.0. The number of imidazole rings is 1. The van der Waals surface area contributed by atoms with Crippen molar-refractivity contribution in [1.29, 1.82) is 0 Å². The molecule has 2 N–H and O–H groups in total. The van der Waals surface area contributed by atoms with Crippen LogP contribution >= 0.6 is 0 Å². The molecule has 0 radical (unpaired) electrons. The Hall–Kier alpha value is -2.86. The fourth-order valence-corrected chi connectivity index (χ4v) is 2.79. The first-order valence-corrected chi connectivity index (χ1v) is 8.76. The first-order chi connectivity index (χ1) is 12.8. The Balaban J connectivity index is 1.73. The molecule has 2 aromatic carbocycles. The van der Waals surface area contributed by atoms with Gasteiger partial charge in [0.2, 0.25) is 11.9 Å². The molecule has 0 aliphatic rings. The highest BCUT2D eigenvalue weighted by Gasteiger charge is 2.13. The van der Waals surface area contributed by atoms with Crippen LogP contribution < -0.4 is 10.6 Å². The van der Waals surface area contributed by atoms with Gasteiger partial charge >= 0.3 is 0 Å². The number of benzene rings is 2. The minimum absolute atomic E-state index is 0.0352. The van der Waals surface area contributed by atoms with Crippen molar-refractivity contribution in [2.75, 3.05) is 25.6 Å². The maximum Gasteiger partial charge on any atom is 0.240 e. The van der Waals surface area contributed by atoms with E-state index in [4.69, 9.17) is 4.74 Å². The van der Waals surface area contributed by atoms with Crippen molar-refractivity contribution in [2.45, 2.75) is 19.5 Å². The molecule has 1 aromatic heterocycles. The molecule has 3 aromatic rings. The zero-order valence-corrected chi connectivity index (χ0v) is 14.9. The fraction of sp³-hybridized carbons (Fsp3) is 0.300. The number of fused-ring (bicyclic) bond motifs is 1. The number of nitrogens with one attached hydrogen (secondary N) is 2. The monoisotopic (exact) mass is 352 g/mol. The number of rotatable bonds is 9.